The van der Waals surface area contributed by atoms with Crippen molar-refractivity contribution in [2.45, 2.75) is 24.8 Å². The maximum absolute atomic E-state index is 12.7. The number of hydrogen-bond donors (Lipinski definition) is 2. The lowest BCUT2D eigenvalue weighted by Gasteiger charge is -2.33. The molecule has 0 spiro atoms. The lowest BCUT2D eigenvalue weighted by molar-refractivity contribution is -0.123. The largest absolute Gasteiger partial charge is 0.492 e. The van der Waals surface area contributed by atoms with Crippen molar-refractivity contribution >= 4 is 11.7 Å². The van der Waals surface area contributed by atoms with Crippen molar-refractivity contribution < 1.29 is 9.53 Å². The Morgan fingerprint density at radius 2 is 2.24 bits per heavy atom. The number of fused-ring (bicyclic) bond motifs is 1. The first-order valence-electron chi connectivity index (χ1n) is 8.53. The van der Waals surface area contributed by atoms with Crippen LogP contribution in [0.4, 0.5) is 5.82 Å². The molecule has 0 unspecified atom stereocenters. The maximum atomic E-state index is 12.7. The van der Waals surface area contributed by atoms with Gasteiger partial charge in [0.1, 0.15) is 18.3 Å². The topological polar surface area (TPSA) is 87.3 Å². The van der Waals surface area contributed by atoms with E-state index >= 15 is 0 Å². The molecule has 4 rings (SSSR count). The van der Waals surface area contributed by atoms with Gasteiger partial charge in [-0.1, -0.05) is 18.2 Å². The summed E-state index contributed by atoms with van der Waals surface area (Å²) in [6, 6.07) is 7.65. The first-order chi connectivity index (χ1) is 12.2. The van der Waals surface area contributed by atoms with Crippen molar-refractivity contribution in [1.29, 1.82) is 0 Å². The van der Waals surface area contributed by atoms with Crippen molar-refractivity contribution in [1.82, 2.24) is 15.3 Å². The molecule has 7 nitrogen and oxygen atoms in total. The molecule has 1 aromatic carbocycles. The van der Waals surface area contributed by atoms with Crippen molar-refractivity contribution in [3.63, 3.8) is 0 Å². The fourth-order valence-corrected chi connectivity index (χ4v) is 3.54. The molecule has 2 aromatic rings. The molecule has 2 atom stereocenters. The van der Waals surface area contributed by atoms with Crippen molar-refractivity contribution in [2.24, 2.45) is 0 Å². The smallest absolute Gasteiger partial charge is 0.290 e. The second-order valence-corrected chi connectivity index (χ2v) is 6.44. The molecule has 2 aliphatic rings. The van der Waals surface area contributed by atoms with Gasteiger partial charge in [0.25, 0.3) is 5.56 Å². The van der Waals surface area contributed by atoms with Gasteiger partial charge in [0, 0.05) is 37.1 Å². The number of H-pyrrole nitrogens is 1. The van der Waals surface area contributed by atoms with E-state index in [-0.39, 0.29) is 23.4 Å². The van der Waals surface area contributed by atoms with Gasteiger partial charge in [0.15, 0.2) is 5.82 Å². The summed E-state index contributed by atoms with van der Waals surface area (Å²) in [5.74, 6) is 0.903. The number of ether oxygens (including phenoxy) is 1. The Morgan fingerprint density at radius 3 is 3.12 bits per heavy atom. The Morgan fingerprint density at radius 1 is 1.36 bits per heavy atom. The highest BCUT2D eigenvalue weighted by molar-refractivity contribution is 5.85. The van der Waals surface area contributed by atoms with Gasteiger partial charge in [0.2, 0.25) is 5.91 Å². The Hall–Kier alpha value is -2.83. The minimum atomic E-state index is -0.273. The second kappa shape index (κ2) is 6.58. The molecule has 2 aliphatic heterocycles. The SMILES string of the molecule is O=C(N[C@H]1CCCN(c2ncc[nH]c2=O)C1)[C@@H]1COc2ccccc21. The van der Waals surface area contributed by atoms with E-state index in [0.717, 1.165) is 30.7 Å². The number of aromatic amines is 1. The molecule has 2 N–H and O–H groups in total. The number of nitrogens with one attached hydrogen (secondary N) is 2. The number of para-hydroxylation sites is 1. The van der Waals surface area contributed by atoms with E-state index in [1.54, 1.807) is 6.20 Å². The molecule has 7 heteroatoms. The van der Waals surface area contributed by atoms with Crippen LogP contribution in [0.5, 0.6) is 5.75 Å². The molecule has 0 bridgehead atoms. The van der Waals surface area contributed by atoms with E-state index < -0.39 is 0 Å². The minimum Gasteiger partial charge on any atom is -0.492 e. The molecular formula is C18H20N4O3. The fraction of sp³-hybridized carbons (Fsp3) is 0.389. The number of aromatic nitrogens is 2. The first-order valence-corrected chi connectivity index (χ1v) is 8.53. The summed E-state index contributed by atoms with van der Waals surface area (Å²) in [6.07, 6.45) is 4.89. The average Bonchev–Trinajstić information content (AvgIpc) is 3.06. The van der Waals surface area contributed by atoms with Crippen LogP contribution >= 0.6 is 0 Å². The van der Waals surface area contributed by atoms with E-state index in [0.29, 0.717) is 19.0 Å². The number of anilines is 1. The highest BCUT2D eigenvalue weighted by atomic mass is 16.5. The summed E-state index contributed by atoms with van der Waals surface area (Å²) in [4.78, 5) is 33.4. The van der Waals surface area contributed by atoms with Crippen LogP contribution in [-0.4, -0.2) is 41.6 Å². The molecule has 130 valence electrons. The average molecular weight is 340 g/mol. The van der Waals surface area contributed by atoms with Crippen LogP contribution in [0, 0.1) is 0 Å². The third-order valence-electron chi connectivity index (χ3n) is 4.77. The van der Waals surface area contributed by atoms with Crippen LogP contribution in [0.1, 0.15) is 24.3 Å². The van der Waals surface area contributed by atoms with E-state index in [2.05, 4.69) is 15.3 Å². The molecule has 0 radical (unpaired) electrons. The minimum absolute atomic E-state index is 0.00424. The zero-order valence-electron chi connectivity index (χ0n) is 13.8. The Bertz CT molecular complexity index is 835. The molecule has 1 fully saturated rings. The molecule has 3 heterocycles. The first kappa shape index (κ1) is 15.7. The quantitative estimate of drug-likeness (QED) is 0.871. The predicted octanol–water partition coefficient (Wildman–Crippen LogP) is 1.03. The lowest BCUT2D eigenvalue weighted by Crippen LogP contribution is -2.50. The molecule has 0 saturated carbocycles. The number of carbonyl (C=O) groups excluding carboxylic acids is 1. The second-order valence-electron chi connectivity index (χ2n) is 6.44. The highest BCUT2D eigenvalue weighted by Gasteiger charge is 2.32. The number of nitrogens with zero attached hydrogens (tertiary/aromatic N) is 2. The number of hydrogen-bond acceptors (Lipinski definition) is 5. The van der Waals surface area contributed by atoms with Gasteiger partial charge in [-0.2, -0.15) is 0 Å². The van der Waals surface area contributed by atoms with Gasteiger partial charge in [-0.05, 0) is 18.9 Å². The van der Waals surface area contributed by atoms with E-state index in [4.69, 9.17) is 4.74 Å². The summed E-state index contributed by atoms with van der Waals surface area (Å²) >= 11 is 0. The van der Waals surface area contributed by atoms with Crippen LogP contribution in [0.25, 0.3) is 0 Å². The Kier molecular flexibility index (Phi) is 4.13. The fourth-order valence-electron chi connectivity index (χ4n) is 3.54. The van der Waals surface area contributed by atoms with E-state index in [1.165, 1.54) is 6.20 Å². The number of piperidine rings is 1. The van der Waals surface area contributed by atoms with Crippen LogP contribution in [-0.2, 0) is 4.79 Å². The molecule has 1 aromatic heterocycles. The Labute approximate surface area is 145 Å². The zero-order valence-corrected chi connectivity index (χ0v) is 13.8. The van der Waals surface area contributed by atoms with Gasteiger partial charge in [-0.15, -0.1) is 0 Å². The summed E-state index contributed by atoms with van der Waals surface area (Å²) in [5, 5.41) is 3.12. The van der Waals surface area contributed by atoms with Crippen LogP contribution in [0.3, 0.4) is 0 Å². The maximum Gasteiger partial charge on any atom is 0.290 e. The monoisotopic (exact) mass is 340 g/mol. The van der Waals surface area contributed by atoms with Crippen molar-refractivity contribution in [3.05, 3.63) is 52.6 Å². The third-order valence-corrected chi connectivity index (χ3v) is 4.77. The normalized spacial score (nSPS) is 22.2. The van der Waals surface area contributed by atoms with Crippen LogP contribution in [0.15, 0.2) is 41.5 Å². The standard InChI is InChI=1S/C18H20N4O3/c23-17(14-11-25-15-6-2-1-5-13(14)15)21-12-4-3-9-22(10-12)16-18(24)20-8-7-19-16/h1-2,5-8,12,14H,3-4,9-11H2,(H,20,24)(H,21,23)/t12-,14+/m0/s1. The molecule has 1 amide bonds. The van der Waals surface area contributed by atoms with E-state index in [9.17, 15) is 9.59 Å². The van der Waals surface area contributed by atoms with Crippen LogP contribution in [0.2, 0.25) is 0 Å². The summed E-state index contributed by atoms with van der Waals surface area (Å²) in [6.45, 7) is 1.73. The molecule has 25 heavy (non-hydrogen) atoms. The molecule has 0 aliphatic carbocycles. The van der Waals surface area contributed by atoms with Gasteiger partial charge in [-0.3, -0.25) is 9.59 Å². The summed E-state index contributed by atoms with van der Waals surface area (Å²) in [5.41, 5.74) is 0.737. The summed E-state index contributed by atoms with van der Waals surface area (Å²) < 4.78 is 5.60. The van der Waals surface area contributed by atoms with Gasteiger partial charge < -0.3 is 19.9 Å². The van der Waals surface area contributed by atoms with E-state index in [1.807, 2.05) is 29.2 Å². The van der Waals surface area contributed by atoms with Gasteiger partial charge >= 0.3 is 0 Å². The van der Waals surface area contributed by atoms with Gasteiger partial charge in [0.05, 0.1) is 0 Å². The summed E-state index contributed by atoms with van der Waals surface area (Å²) in [7, 11) is 0. The third kappa shape index (κ3) is 3.09. The number of rotatable bonds is 3. The molecular weight excluding hydrogens is 320 g/mol. The highest BCUT2D eigenvalue weighted by Crippen LogP contribution is 2.33. The number of carbonyl (C=O) groups is 1. The zero-order chi connectivity index (χ0) is 17.2. The Balaban J connectivity index is 1.44. The predicted molar refractivity (Wildman–Crippen MR) is 92.9 cm³/mol. The van der Waals surface area contributed by atoms with Crippen LogP contribution < -0.4 is 20.5 Å². The number of amides is 1. The lowest BCUT2D eigenvalue weighted by atomic mass is 9.99. The number of benzene rings is 1. The van der Waals surface area contributed by atoms with Crippen molar-refractivity contribution in [2.75, 3.05) is 24.6 Å². The molecule has 1 saturated heterocycles. The van der Waals surface area contributed by atoms with Gasteiger partial charge in [-0.25, -0.2) is 4.98 Å². The van der Waals surface area contributed by atoms with Crippen molar-refractivity contribution in [3.8, 4) is 5.75 Å².